The molecule has 0 heterocycles. The van der Waals surface area contributed by atoms with Crippen molar-refractivity contribution in [2.24, 2.45) is 10.8 Å². The molecule has 4 heteroatoms. The Morgan fingerprint density at radius 2 is 1.33 bits per heavy atom. The highest BCUT2D eigenvalue weighted by molar-refractivity contribution is 5.84. The predicted octanol–water partition coefficient (Wildman–Crippen LogP) is 2.27. The minimum absolute atomic E-state index is 0.0855. The van der Waals surface area contributed by atoms with Crippen molar-refractivity contribution in [3.8, 4) is 0 Å². The van der Waals surface area contributed by atoms with Crippen molar-refractivity contribution < 1.29 is 14.3 Å². The molecular weight excluding hydrogens is 230 g/mol. The molecule has 2 bridgehead atoms. The van der Waals surface area contributed by atoms with Gasteiger partial charge in [0.2, 0.25) is 5.91 Å². The van der Waals surface area contributed by atoms with Crippen LogP contribution in [0.4, 0.5) is 0 Å². The lowest BCUT2D eigenvalue weighted by atomic mass is 9.53. The standard InChI is InChI=1S/C12H19NO3.C2H6/c1-13-9(14)11-3-6-12(7-4-11,8-5-11)10(15)16-2;1-2/h3-8H2,1-2H3,(H,13,14);1-2H3. The molecule has 3 fully saturated rings. The summed E-state index contributed by atoms with van der Waals surface area (Å²) in [5.74, 6) is 0.0587. The first-order valence-electron chi connectivity index (χ1n) is 6.89. The lowest BCUT2D eigenvalue weighted by Crippen LogP contribution is -2.52. The van der Waals surface area contributed by atoms with Gasteiger partial charge in [0.05, 0.1) is 12.5 Å². The molecule has 3 aliphatic rings. The van der Waals surface area contributed by atoms with E-state index in [9.17, 15) is 9.59 Å². The molecule has 0 aromatic rings. The molecule has 1 amide bonds. The average molecular weight is 255 g/mol. The molecule has 0 aromatic carbocycles. The number of methoxy groups -OCH3 is 1. The number of carbonyl (C=O) groups excluding carboxylic acids is 2. The first-order chi connectivity index (χ1) is 8.58. The summed E-state index contributed by atoms with van der Waals surface area (Å²) < 4.78 is 4.89. The molecule has 104 valence electrons. The summed E-state index contributed by atoms with van der Waals surface area (Å²) in [6, 6.07) is 0. The summed E-state index contributed by atoms with van der Waals surface area (Å²) in [7, 11) is 3.14. The maximum absolute atomic E-state index is 11.9. The van der Waals surface area contributed by atoms with E-state index in [4.69, 9.17) is 4.74 Å². The van der Waals surface area contributed by atoms with E-state index >= 15 is 0 Å². The summed E-state index contributed by atoms with van der Waals surface area (Å²) >= 11 is 0. The van der Waals surface area contributed by atoms with Crippen LogP contribution in [0.5, 0.6) is 0 Å². The number of carbonyl (C=O) groups is 2. The lowest BCUT2D eigenvalue weighted by Gasteiger charge is -2.50. The van der Waals surface area contributed by atoms with Crippen molar-refractivity contribution in [1.29, 1.82) is 0 Å². The Bertz CT molecular complexity index is 268. The predicted molar refractivity (Wildman–Crippen MR) is 70.0 cm³/mol. The maximum atomic E-state index is 11.9. The third-order valence-electron chi connectivity index (χ3n) is 4.57. The van der Waals surface area contributed by atoms with Crippen molar-refractivity contribution in [2.45, 2.75) is 52.4 Å². The van der Waals surface area contributed by atoms with E-state index in [2.05, 4.69) is 5.32 Å². The molecule has 3 rings (SSSR count). The molecule has 4 nitrogen and oxygen atoms in total. The van der Waals surface area contributed by atoms with E-state index in [0.717, 1.165) is 38.5 Å². The second-order valence-corrected chi connectivity index (χ2v) is 5.13. The van der Waals surface area contributed by atoms with Gasteiger partial charge in [-0.05, 0) is 38.5 Å². The van der Waals surface area contributed by atoms with Gasteiger partial charge < -0.3 is 10.1 Å². The SMILES string of the molecule is CC.CNC(=O)C12CCC(C(=O)OC)(CC1)CC2. The van der Waals surface area contributed by atoms with Crippen LogP contribution < -0.4 is 5.32 Å². The van der Waals surface area contributed by atoms with Gasteiger partial charge >= 0.3 is 5.97 Å². The minimum Gasteiger partial charge on any atom is -0.469 e. The molecule has 0 aromatic heterocycles. The zero-order valence-electron chi connectivity index (χ0n) is 12.0. The van der Waals surface area contributed by atoms with Gasteiger partial charge in [-0.15, -0.1) is 0 Å². The van der Waals surface area contributed by atoms with E-state index in [-0.39, 0.29) is 22.7 Å². The van der Waals surface area contributed by atoms with Gasteiger partial charge in [-0.25, -0.2) is 0 Å². The topological polar surface area (TPSA) is 55.4 Å². The number of esters is 1. The maximum Gasteiger partial charge on any atom is 0.311 e. The van der Waals surface area contributed by atoms with Gasteiger partial charge in [0, 0.05) is 12.5 Å². The van der Waals surface area contributed by atoms with Crippen LogP contribution in [-0.4, -0.2) is 26.0 Å². The highest BCUT2D eigenvalue weighted by Gasteiger charge is 2.55. The van der Waals surface area contributed by atoms with Crippen molar-refractivity contribution in [3.05, 3.63) is 0 Å². The van der Waals surface area contributed by atoms with Crippen molar-refractivity contribution >= 4 is 11.9 Å². The molecular formula is C14H25NO3. The van der Waals surface area contributed by atoms with Gasteiger partial charge in [-0.3, -0.25) is 9.59 Å². The Morgan fingerprint density at radius 3 is 1.67 bits per heavy atom. The van der Waals surface area contributed by atoms with E-state index in [1.165, 1.54) is 7.11 Å². The quantitative estimate of drug-likeness (QED) is 0.770. The molecule has 18 heavy (non-hydrogen) atoms. The van der Waals surface area contributed by atoms with Crippen LogP contribution in [0.1, 0.15) is 52.4 Å². The van der Waals surface area contributed by atoms with E-state index in [0.29, 0.717) is 0 Å². The summed E-state index contributed by atoms with van der Waals surface area (Å²) in [4.78, 5) is 23.6. The van der Waals surface area contributed by atoms with Crippen LogP contribution >= 0.6 is 0 Å². The zero-order valence-corrected chi connectivity index (χ0v) is 12.0. The Hall–Kier alpha value is -1.06. The molecule has 3 aliphatic carbocycles. The average Bonchev–Trinajstić information content (AvgIpc) is 2.49. The summed E-state index contributed by atoms with van der Waals surface area (Å²) in [5, 5.41) is 2.75. The largest absolute Gasteiger partial charge is 0.469 e. The van der Waals surface area contributed by atoms with Gasteiger partial charge in [0.25, 0.3) is 0 Å². The fraction of sp³-hybridized carbons (Fsp3) is 0.857. The fourth-order valence-electron chi connectivity index (χ4n) is 3.31. The number of fused-ring (bicyclic) bond motifs is 3. The van der Waals surface area contributed by atoms with Gasteiger partial charge in [0.1, 0.15) is 0 Å². The molecule has 0 unspecified atom stereocenters. The number of hydrogen-bond donors (Lipinski definition) is 1. The van der Waals surface area contributed by atoms with Crippen LogP contribution in [0.2, 0.25) is 0 Å². The van der Waals surface area contributed by atoms with Gasteiger partial charge in [0.15, 0.2) is 0 Å². The van der Waals surface area contributed by atoms with Crippen LogP contribution in [0, 0.1) is 10.8 Å². The Kier molecular flexibility index (Phi) is 4.77. The first-order valence-corrected chi connectivity index (χ1v) is 6.89. The smallest absolute Gasteiger partial charge is 0.311 e. The third kappa shape index (κ3) is 2.25. The third-order valence-corrected chi connectivity index (χ3v) is 4.57. The second kappa shape index (κ2) is 5.72. The molecule has 0 atom stereocenters. The number of ether oxygens (including phenoxy) is 1. The van der Waals surface area contributed by atoms with Crippen molar-refractivity contribution in [1.82, 2.24) is 5.32 Å². The van der Waals surface area contributed by atoms with Crippen molar-refractivity contribution in [3.63, 3.8) is 0 Å². The summed E-state index contributed by atoms with van der Waals surface area (Å²) in [6.07, 6.45) is 4.86. The van der Waals surface area contributed by atoms with Gasteiger partial charge in [-0.1, -0.05) is 13.8 Å². The molecule has 0 radical (unpaired) electrons. The van der Waals surface area contributed by atoms with E-state index < -0.39 is 0 Å². The van der Waals surface area contributed by atoms with E-state index in [1.54, 1.807) is 7.05 Å². The monoisotopic (exact) mass is 255 g/mol. The van der Waals surface area contributed by atoms with Crippen LogP contribution in [0.25, 0.3) is 0 Å². The summed E-state index contributed by atoms with van der Waals surface area (Å²) in [6.45, 7) is 4.00. The van der Waals surface area contributed by atoms with Crippen LogP contribution in [0.3, 0.4) is 0 Å². The Balaban J connectivity index is 0.000000771. The number of rotatable bonds is 2. The molecule has 3 saturated carbocycles. The van der Waals surface area contributed by atoms with Crippen LogP contribution in [-0.2, 0) is 14.3 Å². The molecule has 0 spiro atoms. The Morgan fingerprint density at radius 1 is 0.944 bits per heavy atom. The Labute approximate surface area is 109 Å². The minimum atomic E-state index is -0.287. The fourth-order valence-corrected chi connectivity index (χ4v) is 3.31. The summed E-state index contributed by atoms with van der Waals surface area (Å²) in [5.41, 5.74) is -0.491. The number of amides is 1. The zero-order chi connectivity index (χ0) is 13.8. The van der Waals surface area contributed by atoms with E-state index in [1.807, 2.05) is 13.8 Å². The van der Waals surface area contributed by atoms with Crippen molar-refractivity contribution in [2.75, 3.05) is 14.2 Å². The highest BCUT2D eigenvalue weighted by Crippen LogP contribution is 2.57. The second-order valence-electron chi connectivity index (χ2n) is 5.13. The van der Waals surface area contributed by atoms with Gasteiger partial charge in [-0.2, -0.15) is 0 Å². The lowest BCUT2D eigenvalue weighted by molar-refractivity contribution is -0.166. The normalized spacial score (nSPS) is 33.1. The molecule has 0 saturated heterocycles. The number of nitrogens with one attached hydrogen (secondary N) is 1. The molecule has 1 N–H and O–H groups in total. The first kappa shape index (κ1) is 15.0. The molecule has 0 aliphatic heterocycles. The number of hydrogen-bond acceptors (Lipinski definition) is 3. The van der Waals surface area contributed by atoms with Crippen LogP contribution in [0.15, 0.2) is 0 Å². The highest BCUT2D eigenvalue weighted by atomic mass is 16.5.